The minimum atomic E-state index is -4.72. The van der Waals surface area contributed by atoms with Crippen molar-refractivity contribution in [2.24, 2.45) is 0 Å². The van der Waals surface area contributed by atoms with E-state index in [2.05, 4.69) is 15.0 Å². The highest BCUT2D eigenvalue weighted by Gasteiger charge is 2.31. The lowest BCUT2D eigenvalue weighted by Crippen LogP contribution is -2.42. The highest BCUT2D eigenvalue weighted by atomic mass is 19.4. The van der Waals surface area contributed by atoms with Gasteiger partial charge in [0.15, 0.2) is 0 Å². The molecule has 8 heteroatoms. The Morgan fingerprint density at radius 2 is 1.76 bits per heavy atom. The zero-order chi connectivity index (χ0) is 17.9. The van der Waals surface area contributed by atoms with Crippen molar-refractivity contribution in [1.29, 1.82) is 0 Å². The molecule has 3 rings (SSSR count). The fourth-order valence-electron chi connectivity index (χ4n) is 2.86. The second kappa shape index (κ2) is 7.18. The van der Waals surface area contributed by atoms with Crippen molar-refractivity contribution in [2.75, 3.05) is 13.1 Å². The van der Waals surface area contributed by atoms with Gasteiger partial charge in [-0.25, -0.2) is 0 Å². The predicted octanol–water partition coefficient (Wildman–Crippen LogP) is 2.80. The summed E-state index contributed by atoms with van der Waals surface area (Å²) in [5.41, 5.74) is 0.581. The first-order valence-electron chi connectivity index (χ1n) is 7.83. The summed E-state index contributed by atoms with van der Waals surface area (Å²) in [4.78, 5) is 14.3. The molecular formula is C17H17F3N2O3. The second-order valence-corrected chi connectivity index (χ2v) is 5.75. The number of pyridine rings is 1. The number of piperidine rings is 1. The fourth-order valence-corrected chi connectivity index (χ4v) is 2.86. The quantitative estimate of drug-likeness (QED) is 0.886. The molecular weight excluding hydrogens is 337 g/mol. The van der Waals surface area contributed by atoms with Crippen molar-refractivity contribution in [2.45, 2.75) is 24.8 Å². The smallest absolute Gasteiger partial charge is 0.490 e. The Bertz CT molecular complexity index is 759. The zero-order valence-corrected chi connectivity index (χ0v) is 13.2. The molecule has 0 saturated carbocycles. The van der Waals surface area contributed by atoms with Gasteiger partial charge in [0.1, 0.15) is 17.6 Å². The van der Waals surface area contributed by atoms with E-state index < -0.39 is 6.36 Å². The van der Waals surface area contributed by atoms with Gasteiger partial charge in [0.05, 0.1) is 0 Å². The average molecular weight is 354 g/mol. The highest BCUT2D eigenvalue weighted by molar-refractivity contribution is 5.32. The van der Waals surface area contributed by atoms with Crippen LogP contribution in [0.5, 0.6) is 11.5 Å². The number of benzene rings is 1. The van der Waals surface area contributed by atoms with E-state index in [0.717, 1.165) is 12.2 Å². The maximum absolute atomic E-state index is 12.2. The number of alkyl halides is 3. The van der Waals surface area contributed by atoms with Gasteiger partial charge >= 0.3 is 6.36 Å². The van der Waals surface area contributed by atoms with E-state index in [1.165, 1.54) is 30.3 Å². The summed E-state index contributed by atoms with van der Waals surface area (Å²) < 4.78 is 46.4. The van der Waals surface area contributed by atoms with Crippen molar-refractivity contribution in [3.05, 3.63) is 58.5 Å². The first-order chi connectivity index (χ1) is 11.9. The van der Waals surface area contributed by atoms with E-state index in [9.17, 15) is 18.0 Å². The maximum atomic E-state index is 12.2. The molecule has 0 bridgehead atoms. The first kappa shape index (κ1) is 17.3. The lowest BCUT2D eigenvalue weighted by molar-refractivity contribution is -0.274. The number of H-pyrrole nitrogens is 1. The molecule has 0 amide bonds. The summed E-state index contributed by atoms with van der Waals surface area (Å²) in [6, 6.07) is 10.3. The number of ether oxygens (including phenoxy) is 2. The molecule has 2 heterocycles. The molecule has 0 spiro atoms. The first-order valence-corrected chi connectivity index (χ1v) is 7.83. The normalized spacial score (nSPS) is 20.9. The molecule has 2 unspecified atom stereocenters. The summed E-state index contributed by atoms with van der Waals surface area (Å²) in [5.74, 6) is 0.0903. The van der Waals surface area contributed by atoms with Gasteiger partial charge in [-0.1, -0.05) is 6.07 Å². The van der Waals surface area contributed by atoms with E-state index in [0.29, 0.717) is 18.7 Å². The predicted molar refractivity (Wildman–Crippen MR) is 84.8 cm³/mol. The van der Waals surface area contributed by atoms with Gasteiger partial charge in [-0.05, 0) is 43.3 Å². The Morgan fingerprint density at radius 1 is 1.04 bits per heavy atom. The van der Waals surface area contributed by atoms with Gasteiger partial charge in [-0.2, -0.15) is 0 Å². The van der Waals surface area contributed by atoms with Crippen molar-refractivity contribution >= 4 is 0 Å². The van der Waals surface area contributed by atoms with E-state index in [1.54, 1.807) is 6.07 Å². The van der Waals surface area contributed by atoms with Crippen LogP contribution in [0.3, 0.4) is 0 Å². The molecule has 134 valence electrons. The monoisotopic (exact) mass is 354 g/mol. The molecule has 1 aliphatic heterocycles. The van der Waals surface area contributed by atoms with Gasteiger partial charge < -0.3 is 19.8 Å². The third kappa shape index (κ3) is 4.76. The Balaban J connectivity index is 1.72. The van der Waals surface area contributed by atoms with Crippen LogP contribution in [-0.4, -0.2) is 30.5 Å². The van der Waals surface area contributed by atoms with E-state index in [-0.39, 0.29) is 23.3 Å². The lowest BCUT2D eigenvalue weighted by atomic mass is 9.92. The number of aromatic amines is 1. The number of nitrogens with one attached hydrogen (secondary N) is 2. The fraction of sp³-hybridized carbons (Fsp3) is 0.353. The maximum Gasteiger partial charge on any atom is 0.573 e. The van der Waals surface area contributed by atoms with Crippen LogP contribution >= 0.6 is 0 Å². The van der Waals surface area contributed by atoms with Crippen LogP contribution in [-0.2, 0) is 0 Å². The standard InChI is InChI=1S/C17H17F3N2O3/c18-17(19,20)25-12-6-4-11(5-7-12)24-15-8-9-21-10-13(15)14-2-1-3-16(23)22-14/h1-7,13,15,21H,8-10H2,(H,22,23). The topological polar surface area (TPSA) is 63.4 Å². The van der Waals surface area contributed by atoms with Crippen LogP contribution in [0.2, 0.25) is 0 Å². The van der Waals surface area contributed by atoms with Crippen molar-refractivity contribution in [3.8, 4) is 11.5 Å². The summed E-state index contributed by atoms with van der Waals surface area (Å²) in [6.45, 7) is 1.40. The van der Waals surface area contributed by atoms with E-state index in [4.69, 9.17) is 4.74 Å². The number of hydrogen-bond acceptors (Lipinski definition) is 4. The van der Waals surface area contributed by atoms with E-state index >= 15 is 0 Å². The summed E-state index contributed by atoms with van der Waals surface area (Å²) in [6.07, 6.45) is -4.21. The Kier molecular flexibility index (Phi) is 4.98. The van der Waals surface area contributed by atoms with Crippen LogP contribution in [0.4, 0.5) is 13.2 Å². The Morgan fingerprint density at radius 3 is 2.44 bits per heavy atom. The molecule has 1 fully saturated rings. The van der Waals surface area contributed by atoms with Crippen LogP contribution in [0.25, 0.3) is 0 Å². The van der Waals surface area contributed by atoms with Crippen molar-refractivity contribution in [1.82, 2.24) is 10.3 Å². The van der Waals surface area contributed by atoms with Crippen LogP contribution in [0.1, 0.15) is 18.0 Å². The third-order valence-corrected chi connectivity index (χ3v) is 3.95. The van der Waals surface area contributed by atoms with Gasteiger partial charge in [-0.3, -0.25) is 4.79 Å². The zero-order valence-electron chi connectivity index (χ0n) is 13.2. The van der Waals surface area contributed by atoms with Gasteiger partial charge in [0.25, 0.3) is 0 Å². The molecule has 2 N–H and O–H groups in total. The van der Waals surface area contributed by atoms with Crippen molar-refractivity contribution in [3.63, 3.8) is 0 Å². The molecule has 1 aliphatic rings. The van der Waals surface area contributed by atoms with Crippen LogP contribution in [0, 0.1) is 0 Å². The van der Waals surface area contributed by atoms with Crippen LogP contribution in [0.15, 0.2) is 47.3 Å². The summed E-state index contributed by atoms with van der Waals surface area (Å²) >= 11 is 0. The minimum Gasteiger partial charge on any atom is -0.490 e. The van der Waals surface area contributed by atoms with Gasteiger partial charge in [-0.15, -0.1) is 13.2 Å². The number of rotatable bonds is 4. The second-order valence-electron chi connectivity index (χ2n) is 5.75. The third-order valence-electron chi connectivity index (χ3n) is 3.95. The summed E-state index contributed by atoms with van der Waals surface area (Å²) in [5, 5.41) is 3.26. The SMILES string of the molecule is O=c1cccc(C2CNCCC2Oc2ccc(OC(F)(F)F)cc2)[nH]1. The number of hydrogen-bond donors (Lipinski definition) is 2. The number of aromatic nitrogens is 1. The van der Waals surface area contributed by atoms with Gasteiger partial charge in [0, 0.05) is 24.2 Å². The van der Waals surface area contributed by atoms with E-state index in [1.807, 2.05) is 6.07 Å². The highest BCUT2D eigenvalue weighted by Crippen LogP contribution is 2.29. The Hall–Kier alpha value is -2.48. The molecule has 1 aromatic heterocycles. The number of halogens is 3. The molecule has 1 saturated heterocycles. The Labute approximate surface area is 141 Å². The molecule has 2 aromatic rings. The van der Waals surface area contributed by atoms with Crippen LogP contribution < -0.4 is 20.3 Å². The molecule has 2 atom stereocenters. The molecule has 1 aromatic carbocycles. The summed E-state index contributed by atoms with van der Waals surface area (Å²) in [7, 11) is 0. The molecule has 0 radical (unpaired) electrons. The molecule has 0 aliphatic carbocycles. The molecule has 25 heavy (non-hydrogen) atoms. The lowest BCUT2D eigenvalue weighted by Gasteiger charge is -2.32. The minimum absolute atomic E-state index is 0.0613. The largest absolute Gasteiger partial charge is 0.573 e. The van der Waals surface area contributed by atoms with Crippen molar-refractivity contribution < 1.29 is 22.6 Å². The van der Waals surface area contributed by atoms with Gasteiger partial charge in [0.2, 0.25) is 5.56 Å². The molecule has 5 nitrogen and oxygen atoms in total. The average Bonchev–Trinajstić information content (AvgIpc) is 2.56.